The highest BCUT2D eigenvalue weighted by molar-refractivity contribution is 7.89. The van der Waals surface area contributed by atoms with Crippen LogP contribution in [0.25, 0.3) is 0 Å². The first-order chi connectivity index (χ1) is 7.80. The SMILES string of the molecule is COc1ccc(S(=O)(=O)N(C)C)cc1C(=O)O. The van der Waals surface area contributed by atoms with Crippen molar-refractivity contribution in [3.63, 3.8) is 0 Å². The van der Waals surface area contributed by atoms with Crippen LogP contribution in [-0.2, 0) is 10.0 Å². The van der Waals surface area contributed by atoms with Crippen LogP contribution in [0.4, 0.5) is 0 Å². The lowest BCUT2D eigenvalue weighted by Crippen LogP contribution is -2.22. The third-order valence-corrected chi connectivity index (χ3v) is 3.99. The minimum absolute atomic E-state index is 0.0827. The molecule has 17 heavy (non-hydrogen) atoms. The van der Waals surface area contributed by atoms with E-state index < -0.39 is 16.0 Å². The monoisotopic (exact) mass is 259 g/mol. The third kappa shape index (κ3) is 2.56. The molecule has 0 aliphatic heterocycles. The van der Waals surface area contributed by atoms with Gasteiger partial charge in [0.15, 0.2) is 0 Å². The number of aromatic carboxylic acids is 1. The fourth-order valence-corrected chi connectivity index (χ4v) is 2.15. The number of benzene rings is 1. The Labute approximate surface area is 99.5 Å². The second-order valence-corrected chi connectivity index (χ2v) is 5.61. The van der Waals surface area contributed by atoms with E-state index in [2.05, 4.69) is 0 Å². The molecule has 0 unspecified atom stereocenters. The highest BCUT2D eigenvalue weighted by Gasteiger charge is 2.21. The van der Waals surface area contributed by atoms with Crippen LogP contribution in [0.1, 0.15) is 10.4 Å². The number of hydrogen-bond acceptors (Lipinski definition) is 4. The fraction of sp³-hybridized carbons (Fsp3) is 0.300. The summed E-state index contributed by atoms with van der Waals surface area (Å²) in [7, 11) is 0.428. The molecular weight excluding hydrogens is 246 g/mol. The molecule has 0 amide bonds. The summed E-state index contributed by atoms with van der Waals surface area (Å²) in [5.41, 5.74) is -0.185. The minimum atomic E-state index is -3.64. The van der Waals surface area contributed by atoms with Crippen molar-refractivity contribution in [2.45, 2.75) is 4.90 Å². The summed E-state index contributed by atoms with van der Waals surface area (Å²) in [6, 6.07) is 3.71. The Hall–Kier alpha value is -1.60. The topological polar surface area (TPSA) is 83.9 Å². The van der Waals surface area contributed by atoms with Gasteiger partial charge in [0.2, 0.25) is 10.0 Å². The maximum absolute atomic E-state index is 11.8. The van der Waals surface area contributed by atoms with Crippen LogP contribution in [0.2, 0.25) is 0 Å². The van der Waals surface area contributed by atoms with Gasteiger partial charge in [-0.05, 0) is 18.2 Å². The van der Waals surface area contributed by atoms with E-state index in [1.807, 2.05) is 0 Å². The lowest BCUT2D eigenvalue weighted by Gasteiger charge is -2.12. The number of rotatable bonds is 4. The van der Waals surface area contributed by atoms with Crippen molar-refractivity contribution in [1.82, 2.24) is 4.31 Å². The maximum Gasteiger partial charge on any atom is 0.339 e. The molecule has 0 saturated carbocycles. The van der Waals surface area contributed by atoms with Gasteiger partial charge in [-0.2, -0.15) is 0 Å². The van der Waals surface area contributed by atoms with Crippen molar-refractivity contribution >= 4 is 16.0 Å². The predicted octanol–water partition coefficient (Wildman–Crippen LogP) is 0.644. The van der Waals surface area contributed by atoms with Gasteiger partial charge in [0.25, 0.3) is 0 Å². The molecular formula is C10H13NO5S. The van der Waals surface area contributed by atoms with Crippen molar-refractivity contribution in [3.8, 4) is 5.75 Å². The summed E-state index contributed by atoms with van der Waals surface area (Å²) in [5.74, 6) is -1.12. The van der Waals surface area contributed by atoms with Gasteiger partial charge in [0.1, 0.15) is 11.3 Å². The number of ether oxygens (including phenoxy) is 1. The van der Waals surface area contributed by atoms with Crippen LogP contribution in [0, 0.1) is 0 Å². The molecule has 0 aliphatic rings. The number of carboxylic acid groups (broad SMARTS) is 1. The molecule has 94 valence electrons. The van der Waals surface area contributed by atoms with E-state index in [9.17, 15) is 13.2 Å². The normalized spacial score (nSPS) is 11.5. The Morgan fingerprint density at radius 2 is 1.94 bits per heavy atom. The molecule has 0 aromatic heterocycles. The summed E-state index contributed by atoms with van der Waals surface area (Å²) in [4.78, 5) is 10.9. The first kappa shape index (κ1) is 13.5. The van der Waals surface area contributed by atoms with Gasteiger partial charge in [0, 0.05) is 14.1 Å². The number of carboxylic acids is 1. The third-order valence-electron chi connectivity index (χ3n) is 2.18. The largest absolute Gasteiger partial charge is 0.496 e. The quantitative estimate of drug-likeness (QED) is 0.858. The molecule has 0 spiro atoms. The average Bonchev–Trinajstić information content (AvgIpc) is 2.27. The summed E-state index contributed by atoms with van der Waals surface area (Å²) >= 11 is 0. The zero-order chi connectivity index (χ0) is 13.2. The van der Waals surface area contributed by atoms with Gasteiger partial charge in [-0.1, -0.05) is 0 Å². The van der Waals surface area contributed by atoms with E-state index in [1.54, 1.807) is 0 Å². The lowest BCUT2D eigenvalue weighted by molar-refractivity contribution is 0.0693. The molecule has 7 heteroatoms. The number of methoxy groups -OCH3 is 1. The first-order valence-corrected chi connectivity index (χ1v) is 6.08. The van der Waals surface area contributed by atoms with Gasteiger partial charge < -0.3 is 9.84 Å². The van der Waals surface area contributed by atoms with Crippen LogP contribution in [0.3, 0.4) is 0 Å². The van der Waals surface area contributed by atoms with Crippen LogP contribution in [-0.4, -0.2) is 45.0 Å². The molecule has 0 bridgehead atoms. The van der Waals surface area contributed by atoms with Crippen molar-refractivity contribution < 1.29 is 23.1 Å². The molecule has 0 radical (unpaired) electrons. The second-order valence-electron chi connectivity index (χ2n) is 3.45. The standard InChI is InChI=1S/C10H13NO5S/c1-11(2)17(14,15)7-4-5-9(16-3)8(6-7)10(12)13/h4-6H,1-3H3,(H,12,13). The highest BCUT2D eigenvalue weighted by Crippen LogP contribution is 2.23. The molecule has 1 aromatic carbocycles. The molecule has 0 aliphatic carbocycles. The summed E-state index contributed by atoms with van der Waals surface area (Å²) in [6.07, 6.45) is 0. The Balaban J connectivity index is 3.41. The Morgan fingerprint density at radius 1 is 1.35 bits per heavy atom. The van der Waals surface area contributed by atoms with E-state index in [1.165, 1.54) is 33.3 Å². The van der Waals surface area contributed by atoms with E-state index in [-0.39, 0.29) is 16.2 Å². The van der Waals surface area contributed by atoms with Crippen LogP contribution < -0.4 is 4.74 Å². The van der Waals surface area contributed by atoms with Crippen molar-refractivity contribution in [1.29, 1.82) is 0 Å². The van der Waals surface area contributed by atoms with Crippen LogP contribution in [0.5, 0.6) is 5.75 Å². The van der Waals surface area contributed by atoms with Crippen LogP contribution in [0.15, 0.2) is 23.1 Å². The number of hydrogen-bond donors (Lipinski definition) is 1. The Morgan fingerprint density at radius 3 is 2.35 bits per heavy atom. The second kappa shape index (κ2) is 4.72. The number of sulfonamides is 1. The number of carbonyl (C=O) groups is 1. The van der Waals surface area contributed by atoms with Gasteiger partial charge in [-0.15, -0.1) is 0 Å². The van der Waals surface area contributed by atoms with Crippen LogP contribution >= 0.6 is 0 Å². The summed E-state index contributed by atoms with van der Waals surface area (Å²) < 4.78 is 29.5. The van der Waals surface area contributed by atoms with Crippen molar-refractivity contribution in [2.24, 2.45) is 0 Å². The Bertz CT molecular complexity index is 536. The summed E-state index contributed by atoms with van der Waals surface area (Å²) in [6.45, 7) is 0. The molecule has 0 saturated heterocycles. The smallest absolute Gasteiger partial charge is 0.339 e. The predicted molar refractivity (Wildman–Crippen MR) is 60.8 cm³/mol. The van der Waals surface area contributed by atoms with E-state index in [0.717, 1.165) is 10.4 Å². The highest BCUT2D eigenvalue weighted by atomic mass is 32.2. The van der Waals surface area contributed by atoms with E-state index in [0.29, 0.717) is 0 Å². The zero-order valence-corrected chi connectivity index (χ0v) is 10.5. The van der Waals surface area contributed by atoms with Crippen molar-refractivity contribution in [2.75, 3.05) is 21.2 Å². The molecule has 1 aromatic rings. The molecule has 6 nitrogen and oxygen atoms in total. The van der Waals surface area contributed by atoms with Gasteiger partial charge in [-0.25, -0.2) is 17.5 Å². The zero-order valence-electron chi connectivity index (χ0n) is 9.67. The maximum atomic E-state index is 11.8. The summed E-state index contributed by atoms with van der Waals surface area (Å²) in [5, 5.41) is 8.94. The first-order valence-electron chi connectivity index (χ1n) is 4.64. The molecule has 1 N–H and O–H groups in total. The van der Waals surface area contributed by atoms with Gasteiger partial charge in [0.05, 0.1) is 12.0 Å². The molecule has 0 fully saturated rings. The lowest BCUT2D eigenvalue weighted by atomic mass is 10.2. The van der Waals surface area contributed by atoms with Crippen molar-refractivity contribution in [3.05, 3.63) is 23.8 Å². The fourth-order valence-electron chi connectivity index (χ4n) is 1.23. The van der Waals surface area contributed by atoms with E-state index >= 15 is 0 Å². The van der Waals surface area contributed by atoms with E-state index in [4.69, 9.17) is 9.84 Å². The molecule has 0 atom stereocenters. The minimum Gasteiger partial charge on any atom is -0.496 e. The number of nitrogens with zero attached hydrogens (tertiary/aromatic N) is 1. The Kier molecular flexibility index (Phi) is 3.74. The molecule has 1 rings (SSSR count). The average molecular weight is 259 g/mol. The molecule has 0 heterocycles. The van der Waals surface area contributed by atoms with Gasteiger partial charge in [-0.3, -0.25) is 0 Å². The van der Waals surface area contributed by atoms with Gasteiger partial charge >= 0.3 is 5.97 Å².